The third-order valence-corrected chi connectivity index (χ3v) is 8.58. The molecular weight excluding hydrogens is 256 g/mol. The number of hydrogen-bond donors (Lipinski definition) is 0. The molecule has 1 aromatic rings. The van der Waals surface area contributed by atoms with Crippen LogP contribution in [0.4, 0.5) is 0 Å². The van der Waals surface area contributed by atoms with E-state index in [1.165, 1.54) is 0 Å². The topological polar surface area (TPSA) is 35.5 Å². The first-order chi connectivity index (χ1) is 8.71. The van der Waals surface area contributed by atoms with Crippen LogP contribution in [0.25, 0.3) is 0 Å². The average molecular weight is 278 g/mol. The fraction of sp³-hybridized carbons (Fsp3) is 0.533. The number of benzene rings is 1. The molecule has 19 heavy (non-hydrogen) atoms. The van der Waals surface area contributed by atoms with E-state index in [0.29, 0.717) is 12.2 Å². The number of rotatable bonds is 2. The molecule has 1 aromatic carbocycles. The van der Waals surface area contributed by atoms with Gasteiger partial charge in [-0.25, -0.2) is 4.79 Å². The molecule has 1 unspecified atom stereocenters. The number of carbonyl (C=O) groups is 1. The second-order valence-electron chi connectivity index (χ2n) is 6.60. The maximum absolute atomic E-state index is 12.0. The van der Waals surface area contributed by atoms with E-state index in [1.807, 2.05) is 24.3 Å². The Balaban J connectivity index is 2.18. The maximum Gasteiger partial charge on any atom is 0.339 e. The minimum atomic E-state index is -1.96. The molecule has 1 aliphatic heterocycles. The van der Waals surface area contributed by atoms with E-state index >= 15 is 0 Å². The van der Waals surface area contributed by atoms with Gasteiger partial charge in [0.1, 0.15) is 11.9 Å². The van der Waals surface area contributed by atoms with E-state index in [0.717, 1.165) is 5.56 Å². The summed E-state index contributed by atoms with van der Waals surface area (Å²) in [4.78, 5) is 12.0. The molecule has 0 aromatic heterocycles. The van der Waals surface area contributed by atoms with Gasteiger partial charge in [0.15, 0.2) is 8.32 Å². The van der Waals surface area contributed by atoms with Crippen LogP contribution in [0.1, 0.15) is 26.3 Å². The number of hydrogen-bond acceptors (Lipinski definition) is 3. The smallest absolute Gasteiger partial charge is 0.339 e. The average Bonchev–Trinajstić information content (AvgIpc) is 2.28. The van der Waals surface area contributed by atoms with Crippen molar-refractivity contribution >= 4 is 14.3 Å². The van der Waals surface area contributed by atoms with Crippen molar-refractivity contribution in [2.75, 3.05) is 0 Å². The van der Waals surface area contributed by atoms with Gasteiger partial charge in [-0.1, -0.05) is 39.0 Å². The predicted octanol–water partition coefficient (Wildman–Crippen LogP) is 3.54. The van der Waals surface area contributed by atoms with Crippen molar-refractivity contribution in [3.8, 4) is 5.75 Å². The quantitative estimate of drug-likeness (QED) is 0.471. The standard InChI is InChI=1S/C15H22O3Si/c1-15(2,3)19(4,5)18-13-10-11-8-6-7-9-12(11)17-14(13)16/h6-9,13H,10H2,1-5H3. The Labute approximate surface area is 116 Å². The highest BCUT2D eigenvalue weighted by molar-refractivity contribution is 6.74. The largest absolute Gasteiger partial charge is 0.424 e. The summed E-state index contributed by atoms with van der Waals surface area (Å²) in [6, 6.07) is 7.65. The Kier molecular flexibility index (Phi) is 3.58. The molecule has 3 nitrogen and oxygen atoms in total. The van der Waals surface area contributed by atoms with Gasteiger partial charge >= 0.3 is 5.97 Å². The fourth-order valence-corrected chi connectivity index (χ4v) is 3.10. The summed E-state index contributed by atoms with van der Waals surface area (Å²) in [5.74, 6) is 0.408. The summed E-state index contributed by atoms with van der Waals surface area (Å²) in [6.07, 6.45) is 0.150. The van der Waals surface area contributed by atoms with Gasteiger partial charge in [-0.3, -0.25) is 0 Å². The minimum absolute atomic E-state index is 0.0875. The number of para-hydroxylation sites is 1. The Morgan fingerprint density at radius 3 is 2.53 bits per heavy atom. The molecule has 1 heterocycles. The molecule has 0 radical (unpaired) electrons. The first-order valence-electron chi connectivity index (χ1n) is 6.68. The lowest BCUT2D eigenvalue weighted by molar-refractivity contribution is -0.144. The normalized spacial score (nSPS) is 19.8. The zero-order valence-corrected chi connectivity index (χ0v) is 13.3. The van der Waals surface area contributed by atoms with Gasteiger partial charge in [0.25, 0.3) is 0 Å². The van der Waals surface area contributed by atoms with Crippen LogP contribution in [0.2, 0.25) is 18.1 Å². The summed E-state index contributed by atoms with van der Waals surface area (Å²) in [5.41, 5.74) is 1.05. The van der Waals surface area contributed by atoms with Crippen molar-refractivity contribution < 1.29 is 14.0 Å². The highest BCUT2D eigenvalue weighted by atomic mass is 28.4. The molecule has 0 spiro atoms. The van der Waals surface area contributed by atoms with Gasteiger partial charge in [0.05, 0.1) is 0 Å². The van der Waals surface area contributed by atoms with Crippen molar-refractivity contribution in [2.24, 2.45) is 0 Å². The number of carbonyl (C=O) groups excluding carboxylic acids is 1. The van der Waals surface area contributed by atoms with Crippen LogP contribution in [0.15, 0.2) is 24.3 Å². The van der Waals surface area contributed by atoms with Crippen molar-refractivity contribution in [3.05, 3.63) is 29.8 Å². The van der Waals surface area contributed by atoms with Crippen LogP contribution in [0.3, 0.4) is 0 Å². The second-order valence-corrected chi connectivity index (χ2v) is 11.4. The Morgan fingerprint density at radius 1 is 1.26 bits per heavy atom. The van der Waals surface area contributed by atoms with Crippen molar-refractivity contribution in [1.82, 2.24) is 0 Å². The van der Waals surface area contributed by atoms with E-state index in [-0.39, 0.29) is 11.0 Å². The molecule has 104 valence electrons. The molecule has 4 heteroatoms. The van der Waals surface area contributed by atoms with Gasteiger partial charge in [0, 0.05) is 6.42 Å². The van der Waals surface area contributed by atoms with E-state index in [9.17, 15) is 4.79 Å². The third-order valence-electron chi connectivity index (χ3n) is 4.09. The van der Waals surface area contributed by atoms with Gasteiger partial charge in [0.2, 0.25) is 0 Å². The van der Waals surface area contributed by atoms with E-state index in [4.69, 9.17) is 9.16 Å². The van der Waals surface area contributed by atoms with Crippen LogP contribution in [-0.4, -0.2) is 20.4 Å². The van der Waals surface area contributed by atoms with Crippen molar-refractivity contribution in [2.45, 2.75) is 51.4 Å². The summed E-state index contributed by atoms with van der Waals surface area (Å²) < 4.78 is 11.5. The Morgan fingerprint density at radius 2 is 1.89 bits per heavy atom. The molecule has 0 amide bonds. The van der Waals surface area contributed by atoms with Gasteiger partial charge in [-0.2, -0.15) is 0 Å². The lowest BCUT2D eigenvalue weighted by Crippen LogP contribution is -2.48. The molecule has 0 bridgehead atoms. The summed E-state index contributed by atoms with van der Waals surface area (Å²) in [6.45, 7) is 10.8. The summed E-state index contributed by atoms with van der Waals surface area (Å²) in [5, 5.41) is 0.0875. The van der Waals surface area contributed by atoms with E-state index < -0.39 is 14.4 Å². The first kappa shape index (κ1) is 14.3. The fourth-order valence-electron chi connectivity index (χ4n) is 1.85. The highest BCUT2D eigenvalue weighted by Gasteiger charge is 2.42. The molecule has 0 saturated carbocycles. The highest BCUT2D eigenvalue weighted by Crippen LogP contribution is 2.38. The zero-order valence-electron chi connectivity index (χ0n) is 12.3. The number of esters is 1. The van der Waals surface area contributed by atoms with Gasteiger partial charge in [-0.05, 0) is 29.8 Å². The summed E-state index contributed by atoms with van der Waals surface area (Å²) >= 11 is 0. The van der Waals surface area contributed by atoms with E-state index in [1.54, 1.807) is 0 Å². The molecule has 0 saturated heterocycles. The van der Waals surface area contributed by atoms with Crippen molar-refractivity contribution in [1.29, 1.82) is 0 Å². The van der Waals surface area contributed by atoms with Gasteiger partial charge < -0.3 is 9.16 Å². The minimum Gasteiger partial charge on any atom is -0.424 e. The molecule has 1 aliphatic rings. The maximum atomic E-state index is 12.0. The second kappa shape index (κ2) is 4.76. The van der Waals surface area contributed by atoms with Crippen LogP contribution in [-0.2, 0) is 15.6 Å². The molecule has 0 N–H and O–H groups in total. The molecule has 2 rings (SSSR count). The lowest BCUT2D eigenvalue weighted by Gasteiger charge is -2.39. The molecule has 1 atom stereocenters. The first-order valence-corrected chi connectivity index (χ1v) is 9.59. The van der Waals surface area contributed by atoms with Gasteiger partial charge in [-0.15, -0.1) is 0 Å². The number of ether oxygens (including phenoxy) is 1. The molecule has 0 fully saturated rings. The predicted molar refractivity (Wildman–Crippen MR) is 77.9 cm³/mol. The number of fused-ring (bicyclic) bond motifs is 1. The summed E-state index contributed by atoms with van der Waals surface area (Å²) in [7, 11) is -1.96. The monoisotopic (exact) mass is 278 g/mol. The van der Waals surface area contributed by atoms with E-state index in [2.05, 4.69) is 33.9 Å². The molecule has 0 aliphatic carbocycles. The van der Waals surface area contributed by atoms with Crippen molar-refractivity contribution in [3.63, 3.8) is 0 Å². The Hall–Kier alpha value is -1.13. The molecular formula is C15H22O3Si. The lowest BCUT2D eigenvalue weighted by atomic mass is 10.0. The van der Waals surface area contributed by atoms with Crippen LogP contribution >= 0.6 is 0 Å². The van der Waals surface area contributed by atoms with Crippen LogP contribution < -0.4 is 4.74 Å². The SMILES string of the molecule is CC(C)(C)[Si](C)(C)OC1Cc2ccccc2OC1=O. The zero-order chi connectivity index (χ0) is 14.3. The van der Waals surface area contributed by atoms with Crippen LogP contribution in [0.5, 0.6) is 5.75 Å². The third kappa shape index (κ3) is 2.90. The van der Waals surface area contributed by atoms with Crippen LogP contribution in [0, 0.1) is 0 Å². The Bertz CT molecular complexity index is 488.